The van der Waals surface area contributed by atoms with E-state index in [0.717, 1.165) is 85.7 Å². The molecule has 1 aliphatic carbocycles. The third kappa shape index (κ3) is 5.40. The van der Waals surface area contributed by atoms with Crippen molar-refractivity contribution in [3.8, 4) is 22.8 Å². The third-order valence-electron chi connectivity index (χ3n) is 8.93. The summed E-state index contributed by atoms with van der Waals surface area (Å²) < 4.78 is 13.6. The maximum absolute atomic E-state index is 12.4. The minimum Gasteiger partial charge on any atom is -0.457 e. The van der Waals surface area contributed by atoms with Gasteiger partial charge >= 0.3 is 6.09 Å². The summed E-state index contributed by atoms with van der Waals surface area (Å²) in [5.41, 5.74) is 8.72. The third-order valence-corrected chi connectivity index (χ3v) is 8.93. The lowest BCUT2D eigenvalue weighted by Gasteiger charge is -2.62. The molecule has 10 heteroatoms. The molecule has 2 aliphatic heterocycles. The molecule has 1 saturated carbocycles. The molecule has 0 atom stereocenters. The number of likely N-dealkylation sites (tertiary alicyclic amines) is 2. The molecule has 3 fully saturated rings. The fraction of sp³-hybridized carbons (Fsp3) is 0.455. The molecule has 2 N–H and O–H groups in total. The minimum atomic E-state index is -0.454. The number of nitrogen functional groups attached to an aromatic ring is 1. The first-order chi connectivity index (χ1) is 20.7. The molecular formula is C33H39N7O3. The van der Waals surface area contributed by atoms with E-state index in [1.165, 1.54) is 6.33 Å². The van der Waals surface area contributed by atoms with Crippen molar-refractivity contribution in [1.82, 2.24) is 29.5 Å². The van der Waals surface area contributed by atoms with Gasteiger partial charge in [-0.3, -0.25) is 4.90 Å². The van der Waals surface area contributed by atoms with Crippen LogP contribution in [-0.4, -0.2) is 73.5 Å². The van der Waals surface area contributed by atoms with Crippen molar-refractivity contribution in [1.29, 1.82) is 0 Å². The highest BCUT2D eigenvalue weighted by Gasteiger charge is 2.55. The van der Waals surface area contributed by atoms with Crippen LogP contribution in [0, 0.1) is 5.41 Å². The molecule has 7 rings (SSSR count). The summed E-state index contributed by atoms with van der Waals surface area (Å²) in [5, 5.41) is 5.88. The van der Waals surface area contributed by atoms with Gasteiger partial charge in [0, 0.05) is 43.2 Å². The van der Waals surface area contributed by atoms with Crippen LogP contribution in [0.2, 0.25) is 0 Å². The Kier molecular flexibility index (Phi) is 6.76. The fourth-order valence-corrected chi connectivity index (χ4v) is 6.92. The van der Waals surface area contributed by atoms with Crippen LogP contribution < -0.4 is 10.5 Å². The van der Waals surface area contributed by atoms with Gasteiger partial charge in [-0.15, -0.1) is 0 Å². The second-order valence-electron chi connectivity index (χ2n) is 13.4. The number of anilines is 1. The lowest BCUT2D eigenvalue weighted by molar-refractivity contribution is -0.131. The predicted octanol–water partition coefficient (Wildman–Crippen LogP) is 5.90. The molecule has 0 radical (unpaired) electrons. The van der Waals surface area contributed by atoms with Gasteiger partial charge in [0.15, 0.2) is 5.65 Å². The zero-order valence-electron chi connectivity index (χ0n) is 25.1. The molecule has 4 heterocycles. The average Bonchev–Trinajstić information content (AvgIpc) is 3.33. The van der Waals surface area contributed by atoms with Crippen molar-refractivity contribution in [2.24, 2.45) is 5.41 Å². The molecule has 10 nitrogen and oxygen atoms in total. The summed E-state index contributed by atoms with van der Waals surface area (Å²) >= 11 is 0. The Bertz CT molecular complexity index is 1610. The number of carbonyl (C=O) groups excluding carboxylic acids is 1. The predicted molar refractivity (Wildman–Crippen MR) is 165 cm³/mol. The van der Waals surface area contributed by atoms with E-state index >= 15 is 0 Å². The summed E-state index contributed by atoms with van der Waals surface area (Å²) in [6.07, 6.45) is 5.62. The van der Waals surface area contributed by atoms with Gasteiger partial charge in [-0.2, -0.15) is 5.10 Å². The summed E-state index contributed by atoms with van der Waals surface area (Å²) in [6.45, 7) is 9.46. The first kappa shape index (κ1) is 27.6. The Morgan fingerprint density at radius 2 is 1.53 bits per heavy atom. The SMILES string of the molecule is CC(C)(C)OC(=O)N1CC2(C1)CN(C1CCC(n3nc(-c4ccc(Oc5ccccc5)cc4)c4c(N)ncnc43)CC1)C2. The molecular weight excluding hydrogens is 542 g/mol. The van der Waals surface area contributed by atoms with Gasteiger partial charge in [0.1, 0.15) is 34.9 Å². The van der Waals surface area contributed by atoms with Gasteiger partial charge in [-0.05, 0) is 82.9 Å². The molecule has 2 aromatic heterocycles. The number of para-hydroxylation sites is 1. The van der Waals surface area contributed by atoms with Crippen molar-refractivity contribution in [3.05, 3.63) is 60.9 Å². The zero-order chi connectivity index (χ0) is 29.8. The molecule has 0 bridgehead atoms. The zero-order valence-corrected chi connectivity index (χ0v) is 25.1. The normalized spacial score (nSPS) is 21.8. The summed E-state index contributed by atoms with van der Waals surface area (Å²) in [7, 11) is 0. The standard InChI is InChI=1S/C33H39N7O3/c1-32(2,3)43-31(41)39-19-33(20-39)17-38(18-33)23-11-13-24(14-12-23)40-30-27(29(34)35-21-36-30)28(37-40)22-9-15-26(16-10-22)42-25-7-5-4-6-8-25/h4-10,15-16,21,23-24H,11-14,17-20H2,1-3H3,(H2,34,35,36). The highest BCUT2D eigenvalue weighted by molar-refractivity contribution is 5.98. The fourth-order valence-electron chi connectivity index (χ4n) is 6.92. The Labute approximate surface area is 251 Å². The van der Waals surface area contributed by atoms with E-state index in [0.29, 0.717) is 11.9 Å². The first-order valence-electron chi connectivity index (χ1n) is 15.2. The molecule has 2 aromatic carbocycles. The first-order valence-corrected chi connectivity index (χ1v) is 15.2. The maximum Gasteiger partial charge on any atom is 0.410 e. The summed E-state index contributed by atoms with van der Waals surface area (Å²) in [6, 6.07) is 18.5. The lowest BCUT2D eigenvalue weighted by atomic mass is 9.71. The number of carbonyl (C=O) groups is 1. The second-order valence-corrected chi connectivity index (χ2v) is 13.4. The molecule has 4 aromatic rings. The van der Waals surface area contributed by atoms with Crippen LogP contribution in [0.15, 0.2) is 60.9 Å². The number of fused-ring (bicyclic) bond motifs is 1. The van der Waals surface area contributed by atoms with Crippen LogP contribution in [0.1, 0.15) is 52.5 Å². The van der Waals surface area contributed by atoms with Gasteiger partial charge in [0.2, 0.25) is 0 Å². The molecule has 2 saturated heterocycles. The van der Waals surface area contributed by atoms with E-state index < -0.39 is 5.60 Å². The van der Waals surface area contributed by atoms with E-state index in [1.807, 2.05) is 80.3 Å². The number of hydrogen-bond donors (Lipinski definition) is 1. The van der Waals surface area contributed by atoms with E-state index in [9.17, 15) is 4.79 Å². The van der Waals surface area contributed by atoms with Gasteiger partial charge in [0.25, 0.3) is 0 Å². The number of aromatic nitrogens is 4. The van der Waals surface area contributed by atoms with Crippen molar-refractivity contribution in [2.45, 2.75) is 64.1 Å². The quantitative estimate of drug-likeness (QED) is 0.310. The Morgan fingerprint density at radius 3 is 2.21 bits per heavy atom. The van der Waals surface area contributed by atoms with Crippen LogP contribution in [0.4, 0.5) is 10.6 Å². The van der Waals surface area contributed by atoms with E-state index in [1.54, 1.807) is 0 Å². The Hall–Kier alpha value is -4.18. The Balaban J connectivity index is 1.00. The van der Waals surface area contributed by atoms with Crippen molar-refractivity contribution >= 4 is 22.9 Å². The molecule has 43 heavy (non-hydrogen) atoms. The number of amides is 1. The number of benzene rings is 2. The second kappa shape index (κ2) is 10.5. The van der Waals surface area contributed by atoms with Crippen LogP contribution in [0.5, 0.6) is 11.5 Å². The maximum atomic E-state index is 12.4. The Morgan fingerprint density at radius 1 is 0.884 bits per heavy atom. The minimum absolute atomic E-state index is 0.191. The number of hydrogen-bond acceptors (Lipinski definition) is 8. The van der Waals surface area contributed by atoms with Crippen LogP contribution in [0.3, 0.4) is 0 Å². The highest BCUT2D eigenvalue weighted by Crippen LogP contribution is 2.44. The van der Waals surface area contributed by atoms with Gasteiger partial charge in [-0.25, -0.2) is 19.4 Å². The molecule has 224 valence electrons. The van der Waals surface area contributed by atoms with E-state index in [2.05, 4.69) is 19.5 Å². The number of rotatable bonds is 5. The number of nitrogens with zero attached hydrogens (tertiary/aromatic N) is 6. The van der Waals surface area contributed by atoms with Crippen molar-refractivity contribution < 1.29 is 14.3 Å². The van der Waals surface area contributed by atoms with Gasteiger partial charge in [-0.1, -0.05) is 18.2 Å². The average molecular weight is 582 g/mol. The topological polar surface area (TPSA) is 112 Å². The molecule has 1 spiro atoms. The largest absolute Gasteiger partial charge is 0.457 e. The van der Waals surface area contributed by atoms with Crippen LogP contribution in [-0.2, 0) is 4.74 Å². The van der Waals surface area contributed by atoms with E-state index in [4.69, 9.17) is 20.3 Å². The number of ether oxygens (including phenoxy) is 2. The van der Waals surface area contributed by atoms with Crippen LogP contribution in [0.25, 0.3) is 22.3 Å². The van der Waals surface area contributed by atoms with E-state index in [-0.39, 0.29) is 17.6 Å². The smallest absolute Gasteiger partial charge is 0.410 e. The van der Waals surface area contributed by atoms with Gasteiger partial charge < -0.3 is 20.1 Å². The summed E-state index contributed by atoms with van der Waals surface area (Å²) in [5.74, 6) is 1.99. The molecule has 3 aliphatic rings. The highest BCUT2D eigenvalue weighted by atomic mass is 16.6. The molecule has 0 unspecified atom stereocenters. The number of nitrogens with two attached hydrogens (primary N) is 1. The molecule has 1 amide bonds. The van der Waals surface area contributed by atoms with Crippen LogP contribution >= 0.6 is 0 Å². The van der Waals surface area contributed by atoms with Gasteiger partial charge in [0.05, 0.1) is 11.4 Å². The monoisotopic (exact) mass is 581 g/mol. The van der Waals surface area contributed by atoms with Crippen molar-refractivity contribution in [2.75, 3.05) is 31.9 Å². The van der Waals surface area contributed by atoms with Crippen molar-refractivity contribution in [3.63, 3.8) is 0 Å². The lowest BCUT2D eigenvalue weighted by Crippen LogP contribution is -2.74. The summed E-state index contributed by atoms with van der Waals surface area (Å²) in [4.78, 5) is 25.7.